The van der Waals surface area contributed by atoms with E-state index in [4.69, 9.17) is 9.47 Å². The number of sulfonamides is 1. The van der Waals surface area contributed by atoms with Crippen molar-refractivity contribution >= 4 is 23.8 Å². The van der Waals surface area contributed by atoms with Crippen LogP contribution in [0.15, 0.2) is 29.2 Å². The summed E-state index contributed by atoms with van der Waals surface area (Å²) in [7, 11) is -4.24. The molecule has 4 bridgehead atoms. The SMILES string of the molecule is CC[Si](C#CC1CC2CC(C1)N(S(=O)(=O)c1ccccc1[N+](=O)[O-])CCN1C[C@H](OC)C[C@H]1COC1CCN3NCC2C3N1)(CC)CC. The summed E-state index contributed by atoms with van der Waals surface area (Å²) in [5, 5.41) is 18.2. The molecular weight excluding hydrogens is 649 g/mol. The van der Waals surface area contributed by atoms with Crippen molar-refractivity contribution in [2.45, 2.75) is 106 Å². The number of methoxy groups -OCH3 is 1. The van der Waals surface area contributed by atoms with Gasteiger partial charge in [0.2, 0.25) is 10.0 Å². The van der Waals surface area contributed by atoms with Crippen LogP contribution in [0.4, 0.5) is 5.69 Å². The number of nitrogens with zero attached hydrogens (tertiary/aromatic N) is 4. The lowest BCUT2D eigenvalue weighted by Gasteiger charge is -2.45. The van der Waals surface area contributed by atoms with Crippen molar-refractivity contribution in [1.29, 1.82) is 0 Å². The third kappa shape index (κ3) is 7.27. The first-order valence-electron chi connectivity index (χ1n) is 18.0. The molecule has 48 heavy (non-hydrogen) atoms. The second-order valence-corrected chi connectivity index (χ2v) is 21.2. The standard InChI is InChI=1S/C34H54N6O6SSi/c1-5-48(6-2,7-3)17-13-25-18-26-20-27(19-25)39(47(43,44)32-11-9-8-10-31(32)40(41)42)16-15-37-23-29(45-4)21-28(37)24-46-33-12-14-38-34(36-33)30(26)22-35-38/h8-11,25-30,33-36H,5-7,12,14-16,18-24H2,1-4H3/t25?,26?,27?,28-,29+,30?,33?,34?/m0/s1. The molecule has 6 unspecified atom stereocenters. The van der Waals surface area contributed by atoms with Crippen LogP contribution in [0.25, 0.3) is 0 Å². The Labute approximate surface area is 287 Å². The molecule has 6 rings (SSSR count). The highest BCUT2D eigenvalue weighted by atomic mass is 32.2. The summed E-state index contributed by atoms with van der Waals surface area (Å²) in [6.45, 7) is 10.4. The Bertz CT molecular complexity index is 1460. The van der Waals surface area contributed by atoms with E-state index in [-0.39, 0.29) is 65.5 Å². The maximum Gasteiger partial charge on any atom is 0.289 e. The number of para-hydroxylation sites is 1. The normalized spacial score (nSPS) is 33.8. The molecule has 1 aliphatic carbocycles. The van der Waals surface area contributed by atoms with Gasteiger partial charge in [-0.25, -0.2) is 13.4 Å². The van der Waals surface area contributed by atoms with Crippen LogP contribution in [0.3, 0.4) is 0 Å². The van der Waals surface area contributed by atoms with Gasteiger partial charge in [-0.1, -0.05) is 32.9 Å². The van der Waals surface area contributed by atoms with Crippen molar-refractivity contribution in [3.8, 4) is 11.5 Å². The minimum atomic E-state index is -4.23. The fourth-order valence-corrected chi connectivity index (χ4v) is 13.3. The van der Waals surface area contributed by atoms with Crippen molar-refractivity contribution in [2.24, 2.45) is 17.8 Å². The maximum atomic E-state index is 14.8. The highest BCUT2D eigenvalue weighted by Crippen LogP contribution is 2.42. The van der Waals surface area contributed by atoms with E-state index in [0.717, 1.165) is 50.5 Å². The Morgan fingerprint density at radius 2 is 1.83 bits per heavy atom. The number of nitrogens with one attached hydrogen (secondary N) is 2. The summed E-state index contributed by atoms with van der Waals surface area (Å²) in [6, 6.07) is 8.86. The second kappa shape index (κ2) is 15.1. The first-order chi connectivity index (χ1) is 23.1. The minimum absolute atomic E-state index is 0.0339. The highest BCUT2D eigenvalue weighted by molar-refractivity contribution is 7.89. The molecule has 1 aromatic carbocycles. The molecule has 0 aromatic heterocycles. The number of rotatable bonds is 7. The Hall–Kier alpha value is -1.93. The van der Waals surface area contributed by atoms with Crippen molar-refractivity contribution < 1.29 is 22.8 Å². The maximum absolute atomic E-state index is 14.8. The molecule has 5 fully saturated rings. The number of hydrogen-bond donors (Lipinski definition) is 2. The molecule has 1 saturated carbocycles. The molecule has 0 spiro atoms. The van der Waals surface area contributed by atoms with Gasteiger partial charge in [-0.05, 0) is 55.8 Å². The van der Waals surface area contributed by atoms with Crippen LogP contribution in [-0.4, -0.2) is 113 Å². The number of nitro benzene ring substituents is 1. The number of ether oxygens (including phenoxy) is 2. The van der Waals surface area contributed by atoms with Crippen molar-refractivity contribution in [2.75, 3.05) is 46.4 Å². The topological polar surface area (TPSA) is 130 Å². The average Bonchev–Trinajstić information content (AvgIpc) is 3.71. The molecular formula is C34H54N6O6SSi. The van der Waals surface area contributed by atoms with Crippen molar-refractivity contribution in [3.05, 3.63) is 34.4 Å². The first kappa shape index (κ1) is 35.9. The van der Waals surface area contributed by atoms with E-state index in [0.29, 0.717) is 32.5 Å². The summed E-state index contributed by atoms with van der Waals surface area (Å²) < 4.78 is 43.4. The minimum Gasteiger partial charge on any atom is -0.380 e. The number of hydrogen-bond acceptors (Lipinski definition) is 10. The fraction of sp³-hybridized carbons (Fsp3) is 0.765. The lowest BCUT2D eigenvalue weighted by atomic mass is 9.72. The summed E-state index contributed by atoms with van der Waals surface area (Å²) in [6.07, 6.45) is 3.98. The number of fused-ring (bicyclic) bond motifs is 5. The van der Waals surface area contributed by atoms with Gasteiger partial charge >= 0.3 is 0 Å². The monoisotopic (exact) mass is 702 g/mol. The van der Waals surface area contributed by atoms with Crippen LogP contribution in [0.1, 0.15) is 52.9 Å². The lowest BCUT2D eigenvalue weighted by molar-refractivity contribution is -0.387. The van der Waals surface area contributed by atoms with Crippen LogP contribution in [-0.2, 0) is 19.5 Å². The Kier molecular flexibility index (Phi) is 11.3. The molecule has 4 saturated heterocycles. The number of hydrazine groups is 1. The van der Waals surface area contributed by atoms with Gasteiger partial charge in [0.1, 0.15) is 14.3 Å². The second-order valence-electron chi connectivity index (χ2n) is 14.5. The van der Waals surface area contributed by atoms with E-state index in [2.05, 4.69) is 52.9 Å². The molecule has 12 nitrogen and oxygen atoms in total. The molecule has 14 heteroatoms. The van der Waals surface area contributed by atoms with Gasteiger partial charge in [-0.15, -0.1) is 11.5 Å². The molecule has 1 aromatic rings. The molecule has 4 aliphatic heterocycles. The molecule has 8 atom stereocenters. The van der Waals surface area contributed by atoms with Crippen LogP contribution in [0.5, 0.6) is 0 Å². The van der Waals surface area contributed by atoms with E-state index in [1.165, 1.54) is 18.2 Å². The third-order valence-corrected chi connectivity index (χ3v) is 18.9. The van der Waals surface area contributed by atoms with Crippen LogP contribution < -0.4 is 10.7 Å². The quantitative estimate of drug-likeness (QED) is 0.188. The smallest absolute Gasteiger partial charge is 0.289 e. The van der Waals surface area contributed by atoms with Crippen LogP contribution in [0.2, 0.25) is 18.1 Å². The zero-order chi connectivity index (χ0) is 34.1. The van der Waals surface area contributed by atoms with Crippen molar-refractivity contribution in [3.63, 3.8) is 0 Å². The summed E-state index contributed by atoms with van der Waals surface area (Å²) in [5.41, 5.74) is 7.08. The molecule has 0 amide bonds. The predicted octanol–water partition coefficient (Wildman–Crippen LogP) is 3.62. The van der Waals surface area contributed by atoms with E-state index < -0.39 is 23.0 Å². The molecule has 266 valence electrons. The summed E-state index contributed by atoms with van der Waals surface area (Å²) in [4.78, 5) is 13.6. The highest BCUT2D eigenvalue weighted by Gasteiger charge is 2.48. The summed E-state index contributed by atoms with van der Waals surface area (Å²) >= 11 is 0. The van der Waals surface area contributed by atoms with E-state index in [1.807, 2.05) is 0 Å². The lowest BCUT2D eigenvalue weighted by Crippen LogP contribution is -2.59. The van der Waals surface area contributed by atoms with Crippen molar-refractivity contribution in [1.82, 2.24) is 25.0 Å². The molecule has 5 aliphatic rings. The van der Waals surface area contributed by atoms with Gasteiger partial charge in [0, 0.05) is 76.2 Å². The zero-order valence-corrected chi connectivity index (χ0v) is 30.8. The van der Waals surface area contributed by atoms with Crippen LogP contribution >= 0.6 is 0 Å². The van der Waals surface area contributed by atoms with Gasteiger partial charge in [0.15, 0.2) is 4.90 Å². The van der Waals surface area contributed by atoms with Gasteiger partial charge in [-0.3, -0.25) is 25.8 Å². The molecule has 2 N–H and O–H groups in total. The third-order valence-electron chi connectivity index (χ3n) is 12.1. The predicted molar refractivity (Wildman–Crippen MR) is 187 cm³/mol. The Morgan fingerprint density at radius 3 is 2.56 bits per heavy atom. The zero-order valence-electron chi connectivity index (χ0n) is 29.0. The fourth-order valence-electron chi connectivity index (χ4n) is 8.95. The largest absolute Gasteiger partial charge is 0.380 e. The Balaban J connectivity index is 1.42. The van der Waals surface area contributed by atoms with E-state index >= 15 is 0 Å². The Morgan fingerprint density at radius 1 is 1.06 bits per heavy atom. The van der Waals surface area contributed by atoms with Gasteiger partial charge in [-0.2, -0.15) is 4.31 Å². The average molecular weight is 703 g/mol. The van der Waals surface area contributed by atoms with E-state index in [9.17, 15) is 18.5 Å². The summed E-state index contributed by atoms with van der Waals surface area (Å²) in [5.74, 6) is 4.26. The number of benzene rings is 1. The number of nitro groups is 1. The van der Waals surface area contributed by atoms with Gasteiger partial charge in [0.05, 0.1) is 23.8 Å². The van der Waals surface area contributed by atoms with Gasteiger partial charge < -0.3 is 9.47 Å². The molecule has 4 heterocycles. The van der Waals surface area contributed by atoms with Crippen LogP contribution in [0, 0.1) is 39.3 Å². The van der Waals surface area contributed by atoms with Gasteiger partial charge in [0.25, 0.3) is 5.69 Å². The first-order valence-corrected chi connectivity index (χ1v) is 22.1. The molecule has 0 radical (unpaired) electrons. The van der Waals surface area contributed by atoms with E-state index in [1.54, 1.807) is 17.5 Å².